The molecule has 0 spiro atoms. The van der Waals surface area contributed by atoms with Crippen molar-refractivity contribution in [3.05, 3.63) is 52.8 Å². The van der Waals surface area contributed by atoms with Crippen molar-refractivity contribution >= 4 is 11.9 Å². The summed E-state index contributed by atoms with van der Waals surface area (Å²) in [5, 5.41) is 8.96. The molecule has 5 heteroatoms. The first kappa shape index (κ1) is 14.0. The summed E-state index contributed by atoms with van der Waals surface area (Å²) in [5.41, 5.74) is 2.98. The molecule has 0 unspecified atom stereocenters. The first-order chi connectivity index (χ1) is 9.47. The van der Waals surface area contributed by atoms with Crippen molar-refractivity contribution in [2.75, 3.05) is 11.9 Å². The minimum atomic E-state index is -1.00. The zero-order chi connectivity index (χ0) is 14.7. The van der Waals surface area contributed by atoms with Crippen molar-refractivity contribution < 1.29 is 9.90 Å². The molecule has 104 valence electrons. The summed E-state index contributed by atoms with van der Waals surface area (Å²) >= 11 is 0. The van der Waals surface area contributed by atoms with Crippen molar-refractivity contribution in [3.63, 3.8) is 0 Å². The Labute approximate surface area is 117 Å². The van der Waals surface area contributed by atoms with Crippen LogP contribution in [0.2, 0.25) is 0 Å². The molecule has 0 atom stereocenters. The number of carbonyl (C=O) groups is 1. The van der Waals surface area contributed by atoms with Gasteiger partial charge in [0.15, 0.2) is 0 Å². The lowest BCUT2D eigenvalue weighted by Crippen LogP contribution is -2.20. The van der Waals surface area contributed by atoms with Gasteiger partial charge in [-0.3, -0.25) is 0 Å². The Kier molecular flexibility index (Phi) is 3.98. The fraction of sp³-hybridized carbons (Fsp3) is 0.267. The number of aryl methyl sites for hydroxylation is 2. The summed E-state index contributed by atoms with van der Waals surface area (Å²) in [6.07, 6.45) is 1.35. The van der Waals surface area contributed by atoms with Gasteiger partial charge in [0.25, 0.3) is 0 Å². The predicted octanol–water partition coefficient (Wildman–Crippen LogP) is 2.43. The lowest BCUT2D eigenvalue weighted by Gasteiger charge is -2.17. The maximum atomic E-state index is 10.9. The van der Waals surface area contributed by atoms with Crippen LogP contribution >= 0.6 is 0 Å². The van der Waals surface area contributed by atoms with Gasteiger partial charge in [0, 0.05) is 19.8 Å². The van der Waals surface area contributed by atoms with E-state index in [0.29, 0.717) is 18.2 Å². The SMILES string of the molecule is Cc1ccc(CN(C)c2ncc(C(=O)O)c(C)n2)cc1. The van der Waals surface area contributed by atoms with Gasteiger partial charge in [0.05, 0.1) is 11.3 Å². The number of rotatable bonds is 4. The van der Waals surface area contributed by atoms with E-state index in [0.717, 1.165) is 5.56 Å². The Balaban J connectivity index is 2.17. The summed E-state index contributed by atoms with van der Waals surface area (Å²) in [6.45, 7) is 4.39. The molecule has 0 radical (unpaired) electrons. The van der Waals surface area contributed by atoms with Crippen LogP contribution in [0.25, 0.3) is 0 Å². The smallest absolute Gasteiger partial charge is 0.339 e. The second-order valence-corrected chi connectivity index (χ2v) is 4.82. The first-order valence-corrected chi connectivity index (χ1v) is 6.31. The van der Waals surface area contributed by atoms with Crippen LogP contribution in [0.15, 0.2) is 30.5 Å². The second-order valence-electron chi connectivity index (χ2n) is 4.82. The van der Waals surface area contributed by atoms with E-state index >= 15 is 0 Å². The molecule has 0 aliphatic carbocycles. The van der Waals surface area contributed by atoms with Gasteiger partial charge in [0.2, 0.25) is 5.95 Å². The summed E-state index contributed by atoms with van der Waals surface area (Å²) in [4.78, 5) is 21.2. The fourth-order valence-electron chi connectivity index (χ4n) is 1.89. The minimum Gasteiger partial charge on any atom is -0.478 e. The van der Waals surface area contributed by atoms with Gasteiger partial charge in [-0.2, -0.15) is 0 Å². The Morgan fingerprint density at radius 3 is 2.45 bits per heavy atom. The molecule has 0 bridgehead atoms. The first-order valence-electron chi connectivity index (χ1n) is 6.31. The van der Waals surface area contributed by atoms with E-state index in [1.807, 2.05) is 18.9 Å². The van der Waals surface area contributed by atoms with Gasteiger partial charge in [-0.05, 0) is 19.4 Å². The van der Waals surface area contributed by atoms with E-state index in [4.69, 9.17) is 5.11 Å². The van der Waals surface area contributed by atoms with Crippen LogP contribution in [0.5, 0.6) is 0 Å². The fourth-order valence-corrected chi connectivity index (χ4v) is 1.89. The van der Waals surface area contributed by atoms with Gasteiger partial charge in [-0.25, -0.2) is 14.8 Å². The average molecular weight is 271 g/mol. The lowest BCUT2D eigenvalue weighted by molar-refractivity contribution is 0.0695. The number of nitrogens with zero attached hydrogens (tertiary/aromatic N) is 3. The Morgan fingerprint density at radius 2 is 1.90 bits per heavy atom. The standard InChI is InChI=1S/C15H17N3O2/c1-10-4-6-12(7-5-10)9-18(3)15-16-8-13(14(19)20)11(2)17-15/h4-8H,9H2,1-3H3,(H,19,20). The van der Waals surface area contributed by atoms with Crippen molar-refractivity contribution in [3.8, 4) is 0 Å². The third-order valence-corrected chi connectivity index (χ3v) is 3.08. The maximum absolute atomic E-state index is 10.9. The molecule has 1 N–H and O–H groups in total. The average Bonchev–Trinajstić information content (AvgIpc) is 2.40. The molecule has 0 amide bonds. The molecular weight excluding hydrogens is 254 g/mol. The van der Waals surface area contributed by atoms with Crippen LogP contribution in [0.1, 0.15) is 27.2 Å². The Morgan fingerprint density at radius 1 is 1.25 bits per heavy atom. The molecule has 0 aliphatic rings. The highest BCUT2D eigenvalue weighted by Crippen LogP contribution is 2.13. The van der Waals surface area contributed by atoms with Crippen molar-refractivity contribution in [2.24, 2.45) is 0 Å². The maximum Gasteiger partial charge on any atom is 0.339 e. The van der Waals surface area contributed by atoms with Crippen molar-refractivity contribution in [1.82, 2.24) is 9.97 Å². The van der Waals surface area contributed by atoms with Gasteiger partial charge >= 0.3 is 5.97 Å². The summed E-state index contributed by atoms with van der Waals surface area (Å²) in [7, 11) is 1.88. The molecule has 5 nitrogen and oxygen atoms in total. The summed E-state index contributed by atoms with van der Waals surface area (Å²) < 4.78 is 0. The molecule has 0 saturated heterocycles. The minimum absolute atomic E-state index is 0.137. The summed E-state index contributed by atoms with van der Waals surface area (Å²) in [6, 6.07) is 8.24. The van der Waals surface area contributed by atoms with Gasteiger partial charge < -0.3 is 10.0 Å². The van der Waals surface area contributed by atoms with Crippen molar-refractivity contribution in [2.45, 2.75) is 20.4 Å². The Bertz CT molecular complexity index is 624. The number of aromatic carboxylic acids is 1. The third kappa shape index (κ3) is 3.12. The molecule has 0 aliphatic heterocycles. The molecule has 1 aromatic carbocycles. The number of anilines is 1. The molecule has 0 saturated carbocycles. The highest BCUT2D eigenvalue weighted by Gasteiger charge is 2.12. The highest BCUT2D eigenvalue weighted by molar-refractivity contribution is 5.88. The van der Waals surface area contributed by atoms with Crippen LogP contribution in [-0.4, -0.2) is 28.1 Å². The van der Waals surface area contributed by atoms with E-state index in [9.17, 15) is 4.79 Å². The van der Waals surface area contributed by atoms with Gasteiger partial charge in [-0.15, -0.1) is 0 Å². The van der Waals surface area contributed by atoms with Crippen LogP contribution in [0.3, 0.4) is 0 Å². The lowest BCUT2D eigenvalue weighted by atomic mass is 10.1. The van der Waals surface area contributed by atoms with E-state index in [-0.39, 0.29) is 5.56 Å². The number of hydrogen-bond donors (Lipinski definition) is 1. The third-order valence-electron chi connectivity index (χ3n) is 3.08. The number of benzene rings is 1. The molecule has 2 aromatic rings. The molecule has 1 aromatic heterocycles. The van der Waals surface area contributed by atoms with Crippen LogP contribution in [-0.2, 0) is 6.54 Å². The quantitative estimate of drug-likeness (QED) is 0.925. The van der Waals surface area contributed by atoms with E-state index in [1.165, 1.54) is 11.8 Å². The highest BCUT2D eigenvalue weighted by atomic mass is 16.4. The van der Waals surface area contributed by atoms with Gasteiger partial charge in [-0.1, -0.05) is 29.8 Å². The predicted molar refractivity (Wildman–Crippen MR) is 77.0 cm³/mol. The van der Waals surface area contributed by atoms with Crippen LogP contribution in [0.4, 0.5) is 5.95 Å². The number of hydrogen-bond acceptors (Lipinski definition) is 4. The van der Waals surface area contributed by atoms with Crippen molar-refractivity contribution in [1.29, 1.82) is 0 Å². The summed E-state index contributed by atoms with van der Waals surface area (Å²) in [5.74, 6) is -0.483. The monoisotopic (exact) mass is 271 g/mol. The molecule has 1 heterocycles. The Hall–Kier alpha value is -2.43. The van der Waals surface area contributed by atoms with E-state index < -0.39 is 5.97 Å². The molecule has 2 rings (SSSR count). The van der Waals surface area contributed by atoms with Crippen LogP contribution in [0, 0.1) is 13.8 Å². The van der Waals surface area contributed by atoms with E-state index in [1.54, 1.807) is 6.92 Å². The number of carboxylic acid groups (broad SMARTS) is 1. The molecule has 20 heavy (non-hydrogen) atoms. The van der Waals surface area contributed by atoms with Gasteiger partial charge in [0.1, 0.15) is 0 Å². The van der Waals surface area contributed by atoms with Crippen LogP contribution < -0.4 is 4.90 Å². The van der Waals surface area contributed by atoms with E-state index in [2.05, 4.69) is 34.2 Å². The zero-order valence-electron chi connectivity index (χ0n) is 11.8. The number of aromatic nitrogens is 2. The molecular formula is C15H17N3O2. The normalized spacial score (nSPS) is 10.3. The molecule has 0 fully saturated rings. The number of carboxylic acids is 1. The zero-order valence-corrected chi connectivity index (χ0v) is 11.8. The second kappa shape index (κ2) is 5.69. The topological polar surface area (TPSA) is 66.3 Å². The largest absolute Gasteiger partial charge is 0.478 e.